The van der Waals surface area contributed by atoms with Crippen molar-refractivity contribution in [3.8, 4) is 5.69 Å². The second kappa shape index (κ2) is 6.37. The molecule has 1 amide bonds. The van der Waals surface area contributed by atoms with Crippen molar-refractivity contribution in [2.24, 2.45) is 0 Å². The van der Waals surface area contributed by atoms with Crippen LogP contribution in [0.3, 0.4) is 0 Å². The molecule has 118 valence electrons. The third-order valence-electron chi connectivity index (χ3n) is 3.53. The van der Waals surface area contributed by atoms with E-state index in [0.29, 0.717) is 5.75 Å². The van der Waals surface area contributed by atoms with Crippen LogP contribution in [0.4, 0.5) is 0 Å². The van der Waals surface area contributed by atoms with Gasteiger partial charge in [0.2, 0.25) is 5.91 Å². The highest BCUT2D eigenvalue weighted by Crippen LogP contribution is 2.26. The van der Waals surface area contributed by atoms with Crippen molar-refractivity contribution < 1.29 is 4.79 Å². The fraction of sp³-hybridized carbons (Fsp3) is 0.250. The number of carbonyl (C=O) groups is 1. The molecule has 3 rings (SSSR count). The Hall–Kier alpha value is -2.41. The van der Waals surface area contributed by atoms with Crippen molar-refractivity contribution >= 4 is 28.7 Å². The Bertz CT molecular complexity index is 874. The lowest BCUT2D eigenvalue weighted by atomic mass is 10.1. The predicted molar refractivity (Wildman–Crippen MR) is 90.9 cm³/mol. The van der Waals surface area contributed by atoms with Gasteiger partial charge >= 0.3 is 0 Å². The average Bonchev–Trinajstić information content (AvgIpc) is 2.97. The molecule has 0 radical (unpaired) electrons. The Morgan fingerprint density at radius 1 is 1.30 bits per heavy atom. The molecule has 3 aromatic rings. The summed E-state index contributed by atoms with van der Waals surface area (Å²) in [5.74, 6) is 0.278. The maximum absolute atomic E-state index is 11.4. The van der Waals surface area contributed by atoms with E-state index in [1.807, 2.05) is 10.7 Å². The monoisotopic (exact) mass is 327 g/mol. The molecule has 0 bridgehead atoms. The molecule has 23 heavy (non-hydrogen) atoms. The van der Waals surface area contributed by atoms with Crippen molar-refractivity contribution in [2.75, 3.05) is 12.8 Å². The Labute approximate surface area is 138 Å². The van der Waals surface area contributed by atoms with Gasteiger partial charge in [0.15, 0.2) is 5.65 Å². The van der Waals surface area contributed by atoms with E-state index in [1.54, 1.807) is 13.2 Å². The number of aryl methyl sites for hydroxylation is 2. The summed E-state index contributed by atoms with van der Waals surface area (Å²) in [4.78, 5) is 20.1. The molecule has 0 atom stereocenters. The van der Waals surface area contributed by atoms with Crippen molar-refractivity contribution in [3.05, 3.63) is 41.9 Å². The van der Waals surface area contributed by atoms with E-state index in [1.165, 1.54) is 23.7 Å². The SMILES string of the molecule is CNC(=O)CSc1ncnc2c1cnn2-c1ccc(C)cc1C. The van der Waals surface area contributed by atoms with Crippen LogP contribution in [-0.4, -0.2) is 38.5 Å². The molecule has 1 N–H and O–H groups in total. The van der Waals surface area contributed by atoms with Gasteiger partial charge in [0.25, 0.3) is 0 Å². The van der Waals surface area contributed by atoms with Gasteiger partial charge < -0.3 is 5.32 Å². The van der Waals surface area contributed by atoms with Gasteiger partial charge in [-0.15, -0.1) is 0 Å². The van der Waals surface area contributed by atoms with Gasteiger partial charge in [-0.25, -0.2) is 14.6 Å². The van der Waals surface area contributed by atoms with Crippen molar-refractivity contribution in [3.63, 3.8) is 0 Å². The van der Waals surface area contributed by atoms with Crippen LogP contribution in [0.2, 0.25) is 0 Å². The van der Waals surface area contributed by atoms with Crippen LogP contribution in [0, 0.1) is 13.8 Å². The molecule has 2 aromatic heterocycles. The maximum Gasteiger partial charge on any atom is 0.230 e. The van der Waals surface area contributed by atoms with Gasteiger partial charge in [-0.3, -0.25) is 4.79 Å². The third-order valence-corrected chi connectivity index (χ3v) is 4.53. The molecule has 0 aliphatic heterocycles. The van der Waals surface area contributed by atoms with E-state index in [2.05, 4.69) is 46.4 Å². The van der Waals surface area contributed by atoms with Crippen LogP contribution >= 0.6 is 11.8 Å². The van der Waals surface area contributed by atoms with Gasteiger partial charge in [0.1, 0.15) is 11.4 Å². The van der Waals surface area contributed by atoms with Gasteiger partial charge in [0, 0.05) is 7.05 Å². The molecule has 0 fully saturated rings. The summed E-state index contributed by atoms with van der Waals surface area (Å²) in [6.07, 6.45) is 3.26. The molecule has 0 saturated carbocycles. The lowest BCUT2D eigenvalue weighted by molar-refractivity contribution is -0.118. The zero-order chi connectivity index (χ0) is 16.4. The minimum atomic E-state index is -0.0384. The van der Waals surface area contributed by atoms with Crippen LogP contribution in [0.1, 0.15) is 11.1 Å². The Kier molecular flexibility index (Phi) is 4.29. The van der Waals surface area contributed by atoms with Gasteiger partial charge in [-0.2, -0.15) is 5.10 Å². The number of nitrogens with one attached hydrogen (secondary N) is 1. The van der Waals surface area contributed by atoms with Gasteiger partial charge in [0.05, 0.1) is 23.0 Å². The molecule has 1 aromatic carbocycles. The maximum atomic E-state index is 11.4. The summed E-state index contributed by atoms with van der Waals surface area (Å²) in [7, 11) is 1.62. The third kappa shape index (κ3) is 3.05. The van der Waals surface area contributed by atoms with Crippen molar-refractivity contribution in [1.82, 2.24) is 25.1 Å². The van der Waals surface area contributed by atoms with Crippen LogP contribution in [-0.2, 0) is 4.79 Å². The predicted octanol–water partition coefficient (Wildman–Crippen LogP) is 2.27. The normalized spacial score (nSPS) is 10.9. The minimum absolute atomic E-state index is 0.0384. The summed E-state index contributed by atoms with van der Waals surface area (Å²) in [5.41, 5.74) is 4.07. The molecule has 2 heterocycles. The number of nitrogens with zero attached hydrogens (tertiary/aromatic N) is 4. The van der Waals surface area contributed by atoms with E-state index >= 15 is 0 Å². The van der Waals surface area contributed by atoms with E-state index in [9.17, 15) is 4.79 Å². The zero-order valence-corrected chi connectivity index (χ0v) is 14.0. The summed E-state index contributed by atoms with van der Waals surface area (Å²) in [6, 6.07) is 6.21. The molecular weight excluding hydrogens is 310 g/mol. The average molecular weight is 327 g/mol. The zero-order valence-electron chi connectivity index (χ0n) is 13.2. The van der Waals surface area contributed by atoms with E-state index in [4.69, 9.17) is 0 Å². The molecule has 0 unspecified atom stereocenters. The number of aromatic nitrogens is 4. The van der Waals surface area contributed by atoms with Gasteiger partial charge in [-0.1, -0.05) is 29.5 Å². The smallest absolute Gasteiger partial charge is 0.230 e. The Balaban J connectivity index is 2.02. The fourth-order valence-corrected chi connectivity index (χ4v) is 3.20. The molecule has 0 aliphatic carbocycles. The van der Waals surface area contributed by atoms with Crippen LogP contribution < -0.4 is 5.32 Å². The number of thioether (sulfide) groups is 1. The summed E-state index contributed by atoms with van der Waals surface area (Å²) in [6.45, 7) is 4.12. The molecule has 7 heteroatoms. The highest BCUT2D eigenvalue weighted by atomic mass is 32.2. The molecule has 0 saturated heterocycles. The standard InChI is InChI=1S/C16H17N5OS/c1-10-4-5-13(11(2)6-10)21-15-12(7-20-21)16(19-9-18-15)23-8-14(22)17-3/h4-7,9H,8H2,1-3H3,(H,17,22). The lowest BCUT2D eigenvalue weighted by Crippen LogP contribution is -2.19. The van der Waals surface area contributed by atoms with Crippen LogP contribution in [0.15, 0.2) is 35.7 Å². The largest absolute Gasteiger partial charge is 0.358 e. The molecule has 6 nitrogen and oxygen atoms in total. The first-order chi connectivity index (χ1) is 11.1. The topological polar surface area (TPSA) is 72.7 Å². The van der Waals surface area contributed by atoms with Crippen molar-refractivity contribution in [2.45, 2.75) is 18.9 Å². The van der Waals surface area contributed by atoms with E-state index in [0.717, 1.165) is 27.3 Å². The van der Waals surface area contributed by atoms with E-state index < -0.39 is 0 Å². The number of hydrogen-bond acceptors (Lipinski definition) is 5. The summed E-state index contributed by atoms with van der Waals surface area (Å²) >= 11 is 1.38. The number of amides is 1. The van der Waals surface area contributed by atoms with Crippen molar-refractivity contribution in [1.29, 1.82) is 0 Å². The number of benzene rings is 1. The van der Waals surface area contributed by atoms with Gasteiger partial charge in [-0.05, 0) is 25.5 Å². The summed E-state index contributed by atoms with van der Waals surface area (Å²) in [5, 5.41) is 8.67. The molecule has 0 aliphatic rings. The molecular formula is C16H17N5OS. The highest BCUT2D eigenvalue weighted by molar-refractivity contribution is 8.00. The number of fused-ring (bicyclic) bond motifs is 1. The lowest BCUT2D eigenvalue weighted by Gasteiger charge is -2.08. The Morgan fingerprint density at radius 3 is 2.87 bits per heavy atom. The fourth-order valence-electron chi connectivity index (χ4n) is 2.36. The highest BCUT2D eigenvalue weighted by Gasteiger charge is 2.13. The number of rotatable bonds is 4. The van der Waals surface area contributed by atoms with Crippen LogP contribution in [0.25, 0.3) is 16.7 Å². The molecule has 0 spiro atoms. The number of hydrogen-bond donors (Lipinski definition) is 1. The number of carbonyl (C=O) groups excluding carboxylic acids is 1. The first kappa shape index (κ1) is 15.5. The Morgan fingerprint density at radius 2 is 2.13 bits per heavy atom. The minimum Gasteiger partial charge on any atom is -0.358 e. The first-order valence-corrected chi connectivity index (χ1v) is 8.18. The summed E-state index contributed by atoms with van der Waals surface area (Å²) < 4.78 is 1.82. The van der Waals surface area contributed by atoms with Crippen LogP contribution in [0.5, 0.6) is 0 Å². The quantitative estimate of drug-likeness (QED) is 0.588. The second-order valence-corrected chi connectivity index (χ2v) is 6.19. The van der Waals surface area contributed by atoms with E-state index in [-0.39, 0.29) is 5.91 Å². The second-order valence-electron chi connectivity index (χ2n) is 5.22. The first-order valence-electron chi connectivity index (χ1n) is 7.20.